The van der Waals surface area contributed by atoms with Gasteiger partial charge in [0.05, 0.1) is 39.5 Å². The summed E-state index contributed by atoms with van der Waals surface area (Å²) in [4.78, 5) is 4.48. The van der Waals surface area contributed by atoms with Crippen LogP contribution in [-0.4, -0.2) is 38.5 Å². The Bertz CT molecular complexity index is 923. The zero-order valence-corrected chi connectivity index (χ0v) is 14.5. The highest BCUT2D eigenvalue weighted by Gasteiger charge is 2.20. The van der Waals surface area contributed by atoms with Crippen LogP contribution >= 0.6 is 0 Å². The fourth-order valence-electron chi connectivity index (χ4n) is 2.86. The first-order valence-electron chi connectivity index (χ1n) is 7.59. The van der Waals surface area contributed by atoms with Crippen LogP contribution < -0.4 is 18.9 Å². The quantitative estimate of drug-likeness (QED) is 0.764. The van der Waals surface area contributed by atoms with Crippen LogP contribution in [0.5, 0.6) is 28.7 Å². The summed E-state index contributed by atoms with van der Waals surface area (Å²) in [6.45, 7) is 0. The van der Waals surface area contributed by atoms with Gasteiger partial charge in [-0.3, -0.25) is 4.98 Å². The van der Waals surface area contributed by atoms with Crippen molar-refractivity contribution in [3.63, 3.8) is 0 Å². The Kier molecular flexibility index (Phi) is 4.52. The van der Waals surface area contributed by atoms with Gasteiger partial charge in [0.15, 0.2) is 23.0 Å². The van der Waals surface area contributed by atoms with Gasteiger partial charge in [0, 0.05) is 11.8 Å². The van der Waals surface area contributed by atoms with Gasteiger partial charge in [-0.1, -0.05) is 0 Å². The van der Waals surface area contributed by atoms with Gasteiger partial charge in [0.25, 0.3) is 0 Å². The number of hydrogen-bond donors (Lipinski definition) is 1. The number of hydrogen-bond acceptors (Lipinski definition) is 6. The molecule has 3 rings (SSSR count). The van der Waals surface area contributed by atoms with E-state index in [4.69, 9.17) is 18.9 Å². The Balaban J connectivity index is 2.34. The van der Waals surface area contributed by atoms with Crippen LogP contribution in [0.4, 0.5) is 0 Å². The largest absolute Gasteiger partial charge is 0.504 e. The molecule has 0 aliphatic heterocycles. The van der Waals surface area contributed by atoms with E-state index >= 15 is 0 Å². The van der Waals surface area contributed by atoms with Crippen molar-refractivity contribution in [1.29, 1.82) is 0 Å². The predicted molar refractivity (Wildman–Crippen MR) is 95.1 cm³/mol. The minimum absolute atomic E-state index is 0.0400. The summed E-state index contributed by atoms with van der Waals surface area (Å²) in [6.07, 6.45) is 1.70. The van der Waals surface area contributed by atoms with Crippen LogP contribution in [0.1, 0.15) is 0 Å². The van der Waals surface area contributed by atoms with Gasteiger partial charge < -0.3 is 24.1 Å². The lowest BCUT2D eigenvalue weighted by molar-refractivity contribution is 0.327. The van der Waals surface area contributed by atoms with E-state index in [1.165, 1.54) is 7.11 Å². The van der Waals surface area contributed by atoms with Crippen molar-refractivity contribution in [2.75, 3.05) is 28.4 Å². The van der Waals surface area contributed by atoms with Crippen molar-refractivity contribution in [1.82, 2.24) is 4.98 Å². The molecule has 2 aromatic carbocycles. The summed E-state index contributed by atoms with van der Waals surface area (Å²) in [7, 11) is 6.21. The number of benzene rings is 2. The normalized spacial score (nSPS) is 10.6. The molecule has 0 atom stereocenters. The monoisotopic (exact) mass is 341 g/mol. The van der Waals surface area contributed by atoms with Crippen molar-refractivity contribution >= 4 is 10.8 Å². The summed E-state index contributed by atoms with van der Waals surface area (Å²) in [5.41, 5.74) is 1.39. The molecule has 1 heterocycles. The first-order chi connectivity index (χ1) is 12.1. The Morgan fingerprint density at radius 2 is 1.52 bits per heavy atom. The highest BCUT2D eigenvalue weighted by atomic mass is 16.5. The smallest absolute Gasteiger partial charge is 0.204 e. The first-order valence-corrected chi connectivity index (χ1v) is 7.59. The lowest BCUT2D eigenvalue weighted by Crippen LogP contribution is -1.98. The minimum Gasteiger partial charge on any atom is -0.504 e. The molecule has 25 heavy (non-hydrogen) atoms. The van der Waals surface area contributed by atoms with Gasteiger partial charge in [-0.25, -0.2) is 0 Å². The molecule has 0 unspecified atom stereocenters. The van der Waals surface area contributed by atoms with E-state index in [9.17, 15) is 5.11 Å². The second-order valence-electron chi connectivity index (χ2n) is 5.29. The average Bonchev–Trinajstić information content (AvgIpc) is 2.65. The van der Waals surface area contributed by atoms with E-state index in [0.717, 1.165) is 16.3 Å². The molecule has 130 valence electrons. The number of nitrogens with zero attached hydrogens (tertiary/aromatic N) is 1. The Labute approximate surface area is 145 Å². The van der Waals surface area contributed by atoms with E-state index in [2.05, 4.69) is 4.98 Å². The Morgan fingerprint density at radius 3 is 2.12 bits per heavy atom. The summed E-state index contributed by atoms with van der Waals surface area (Å²) >= 11 is 0. The van der Waals surface area contributed by atoms with Crippen LogP contribution in [0.3, 0.4) is 0 Å². The molecular weight excluding hydrogens is 322 g/mol. The topological polar surface area (TPSA) is 70.0 Å². The molecule has 0 saturated heterocycles. The van der Waals surface area contributed by atoms with E-state index in [0.29, 0.717) is 28.7 Å². The van der Waals surface area contributed by atoms with E-state index in [-0.39, 0.29) is 5.75 Å². The van der Waals surface area contributed by atoms with Crippen molar-refractivity contribution in [2.45, 2.75) is 0 Å². The maximum absolute atomic E-state index is 10.1. The Hall–Kier alpha value is -3.15. The van der Waals surface area contributed by atoms with Gasteiger partial charge >= 0.3 is 0 Å². The summed E-state index contributed by atoms with van der Waals surface area (Å²) in [5.74, 6) is 2.02. The molecule has 3 aromatic rings. The molecule has 1 N–H and O–H groups in total. The predicted octanol–water partition coefficient (Wildman–Crippen LogP) is 3.64. The van der Waals surface area contributed by atoms with E-state index < -0.39 is 0 Å². The number of phenols is 1. The first kappa shape index (κ1) is 16.7. The summed E-state index contributed by atoms with van der Waals surface area (Å²) in [5, 5.41) is 11.8. The van der Waals surface area contributed by atoms with Crippen molar-refractivity contribution in [2.24, 2.45) is 0 Å². The van der Waals surface area contributed by atoms with Gasteiger partial charge in [-0.05, 0) is 35.7 Å². The van der Waals surface area contributed by atoms with Gasteiger partial charge in [-0.15, -0.1) is 0 Å². The maximum atomic E-state index is 10.1. The third-order valence-corrected chi connectivity index (χ3v) is 4.01. The van der Waals surface area contributed by atoms with Gasteiger partial charge in [-0.2, -0.15) is 0 Å². The molecule has 0 saturated carbocycles. The standard InChI is InChI=1S/C19H19NO5/c1-22-14-6-5-12(9-13(14)21)17-16-11(7-8-20-17)10-15(23-2)18(24-3)19(16)25-4/h5-10,21H,1-4H3. The fourth-order valence-corrected chi connectivity index (χ4v) is 2.86. The number of phenolic OH excluding ortho intramolecular Hbond substituents is 1. The number of ether oxygens (including phenoxy) is 4. The highest BCUT2D eigenvalue weighted by Crippen LogP contribution is 2.46. The zero-order valence-electron chi connectivity index (χ0n) is 14.5. The summed E-state index contributed by atoms with van der Waals surface area (Å²) < 4.78 is 21.6. The molecule has 0 fully saturated rings. The van der Waals surface area contributed by atoms with Crippen LogP contribution in [0.2, 0.25) is 0 Å². The zero-order chi connectivity index (χ0) is 18.0. The third kappa shape index (κ3) is 2.76. The lowest BCUT2D eigenvalue weighted by Gasteiger charge is -2.17. The van der Waals surface area contributed by atoms with Crippen LogP contribution in [0.15, 0.2) is 36.5 Å². The molecule has 1 aromatic heterocycles. The van der Waals surface area contributed by atoms with Gasteiger partial charge in [0.1, 0.15) is 0 Å². The van der Waals surface area contributed by atoms with Crippen molar-refractivity contribution in [3.05, 3.63) is 36.5 Å². The maximum Gasteiger partial charge on any atom is 0.204 e. The molecule has 6 nitrogen and oxygen atoms in total. The van der Waals surface area contributed by atoms with Gasteiger partial charge in [0.2, 0.25) is 5.75 Å². The van der Waals surface area contributed by atoms with Crippen molar-refractivity contribution < 1.29 is 24.1 Å². The number of pyridine rings is 1. The molecule has 0 amide bonds. The number of methoxy groups -OCH3 is 4. The van der Waals surface area contributed by atoms with Crippen LogP contribution in [0.25, 0.3) is 22.0 Å². The second kappa shape index (κ2) is 6.76. The Morgan fingerprint density at radius 1 is 0.800 bits per heavy atom. The number of rotatable bonds is 5. The molecule has 6 heteroatoms. The molecular formula is C19H19NO5. The number of aromatic nitrogens is 1. The van der Waals surface area contributed by atoms with Crippen LogP contribution in [0, 0.1) is 0 Å². The number of fused-ring (bicyclic) bond motifs is 1. The van der Waals surface area contributed by atoms with Crippen molar-refractivity contribution in [3.8, 4) is 40.0 Å². The average molecular weight is 341 g/mol. The van der Waals surface area contributed by atoms with Crippen LogP contribution in [-0.2, 0) is 0 Å². The SMILES string of the molecule is COc1ccc(-c2nccc3cc(OC)c(OC)c(OC)c23)cc1O. The molecule has 0 bridgehead atoms. The molecule has 0 spiro atoms. The molecule has 0 radical (unpaired) electrons. The van der Waals surface area contributed by atoms with E-state index in [1.54, 1.807) is 39.7 Å². The van der Waals surface area contributed by atoms with E-state index in [1.807, 2.05) is 18.2 Å². The summed E-state index contributed by atoms with van der Waals surface area (Å²) in [6, 6.07) is 8.86. The second-order valence-corrected chi connectivity index (χ2v) is 5.29. The lowest BCUT2D eigenvalue weighted by atomic mass is 10.0. The minimum atomic E-state index is 0.0400. The number of aromatic hydroxyl groups is 1. The highest BCUT2D eigenvalue weighted by molar-refractivity contribution is 6.02. The third-order valence-electron chi connectivity index (χ3n) is 4.01. The molecule has 0 aliphatic carbocycles. The molecule has 0 aliphatic rings. The fraction of sp³-hybridized carbons (Fsp3) is 0.211.